The number of halogens is 6. The summed E-state index contributed by atoms with van der Waals surface area (Å²) >= 11 is 0. The second-order valence-corrected chi connectivity index (χ2v) is 8.27. The Labute approximate surface area is 162 Å². The topological polar surface area (TPSA) is 109 Å². The van der Waals surface area contributed by atoms with Gasteiger partial charge in [0.2, 0.25) is 0 Å². The number of rotatable bonds is 2. The van der Waals surface area contributed by atoms with Crippen LogP contribution in [-0.2, 0) is 36.7 Å². The van der Waals surface area contributed by atoms with Crippen molar-refractivity contribution in [1.29, 1.82) is 0 Å². The molecule has 15 heteroatoms. The molecule has 10 radical (unpaired) electrons. The maximum absolute atomic E-state index is 11.9. The number of hydrogen-bond donors (Lipinski definition) is 2. The van der Waals surface area contributed by atoms with Gasteiger partial charge in [-0.05, 0) is 25.7 Å². The minimum Gasteiger partial charge on any atom is -0.385 e. The van der Waals surface area contributed by atoms with Gasteiger partial charge in [-0.15, -0.1) is 0 Å². The standard InChI is InChI=1S/2C6H4F3O3S.Fe/c2*7-6(8,9)13(11,12)5-3-1-2-4(5)10;/h2*1-3,10H;/q;;+2. The molecule has 2 aliphatic carbocycles. The van der Waals surface area contributed by atoms with E-state index in [0.29, 0.717) is 12.8 Å². The summed E-state index contributed by atoms with van der Waals surface area (Å²) in [6.45, 7) is 0. The Hall–Kier alpha value is -0.0805. The van der Waals surface area contributed by atoms with Crippen LogP contribution < -0.4 is 0 Å². The summed E-state index contributed by atoms with van der Waals surface area (Å²) in [6, 6.07) is 0. The van der Waals surface area contributed by atoms with Crippen LogP contribution in [0.15, 0.2) is 0 Å². The molecule has 6 nitrogen and oxygen atoms in total. The SMILES string of the molecule is O=S(=O)([C]1[CH][CH][CH][C]1O)C(F)(F)F.O=S(=O)([C]1[CH][CH][CH][C]1O)C(F)(F)F.[Fe+2]. The number of alkyl halides is 6. The molecule has 0 aliphatic heterocycles. The van der Waals surface area contributed by atoms with Crippen molar-refractivity contribution >= 4 is 19.7 Å². The fraction of sp³-hybridized carbons (Fsp3) is 0.167. The average Bonchev–Trinajstić information content (AvgIpc) is 3.05. The van der Waals surface area contributed by atoms with Gasteiger partial charge in [0.25, 0.3) is 19.7 Å². The maximum Gasteiger partial charge on any atom is 2.00 e. The van der Waals surface area contributed by atoms with Crippen molar-refractivity contribution in [2.24, 2.45) is 0 Å². The number of sulfone groups is 2. The van der Waals surface area contributed by atoms with E-state index in [-0.39, 0.29) is 17.1 Å². The van der Waals surface area contributed by atoms with Crippen molar-refractivity contribution in [1.82, 2.24) is 0 Å². The monoisotopic (exact) mass is 482 g/mol. The van der Waals surface area contributed by atoms with Gasteiger partial charge in [0.1, 0.15) is 22.7 Å². The molecule has 2 fully saturated rings. The third-order valence-corrected chi connectivity index (χ3v) is 5.76. The van der Waals surface area contributed by atoms with Crippen molar-refractivity contribution in [3.63, 3.8) is 0 Å². The first kappa shape index (κ1) is 26.9. The molecule has 0 heterocycles. The van der Waals surface area contributed by atoms with Gasteiger partial charge in [0.05, 0.1) is 0 Å². The zero-order chi connectivity index (χ0) is 20.6. The molecule has 2 rings (SSSR count). The zero-order valence-electron chi connectivity index (χ0n) is 12.4. The molecule has 0 unspecified atom stereocenters. The molecule has 0 atom stereocenters. The number of aliphatic hydroxyl groups is 2. The minimum atomic E-state index is -5.41. The molecule has 0 amide bonds. The Bertz CT molecular complexity index is 630. The van der Waals surface area contributed by atoms with Crippen molar-refractivity contribution < 1.29 is 70.5 Å². The molecule has 0 bridgehead atoms. The van der Waals surface area contributed by atoms with Crippen molar-refractivity contribution in [2.45, 2.75) is 11.0 Å². The van der Waals surface area contributed by atoms with E-state index in [4.69, 9.17) is 10.2 Å². The normalized spacial score (nSPS) is 21.6. The van der Waals surface area contributed by atoms with Gasteiger partial charge in [-0.2, -0.15) is 26.3 Å². The summed E-state index contributed by atoms with van der Waals surface area (Å²) in [5, 5.41) is 15.3. The van der Waals surface area contributed by atoms with Crippen LogP contribution in [-0.4, -0.2) is 38.1 Å². The predicted molar refractivity (Wildman–Crippen MR) is 72.6 cm³/mol. The fourth-order valence-electron chi connectivity index (χ4n) is 1.49. The van der Waals surface area contributed by atoms with Gasteiger partial charge in [-0.25, -0.2) is 16.8 Å². The Balaban J connectivity index is 0.000000483. The Morgan fingerprint density at radius 3 is 1.04 bits per heavy atom. The van der Waals surface area contributed by atoms with E-state index in [1.165, 1.54) is 0 Å². The quantitative estimate of drug-likeness (QED) is 0.461. The molecule has 0 spiro atoms. The molecule has 27 heavy (non-hydrogen) atoms. The Morgan fingerprint density at radius 1 is 0.630 bits per heavy atom. The zero-order valence-corrected chi connectivity index (χ0v) is 15.2. The van der Waals surface area contributed by atoms with Gasteiger partial charge in [-0.3, -0.25) is 0 Å². The van der Waals surface area contributed by atoms with E-state index in [2.05, 4.69) is 0 Å². The summed E-state index contributed by atoms with van der Waals surface area (Å²) in [5.41, 5.74) is -10.8. The molecule has 2 saturated carbocycles. The summed E-state index contributed by atoms with van der Waals surface area (Å²) in [6.07, 6.45) is 3.39. The Kier molecular flexibility index (Phi) is 9.13. The third kappa shape index (κ3) is 5.95. The largest absolute Gasteiger partial charge is 2.00 e. The molecule has 152 valence electrons. The number of aliphatic hydroxyl groups excluding tert-OH is 2. The molecule has 0 aromatic carbocycles. The van der Waals surface area contributed by atoms with Gasteiger partial charge in [0.15, 0.2) is 0 Å². The van der Waals surface area contributed by atoms with E-state index in [0.717, 1.165) is 25.7 Å². The Morgan fingerprint density at radius 2 is 0.889 bits per heavy atom. The van der Waals surface area contributed by atoms with Crippen LogP contribution in [0.3, 0.4) is 0 Å². The second-order valence-electron chi connectivity index (χ2n) is 4.45. The van der Waals surface area contributed by atoms with Crippen molar-refractivity contribution in [3.05, 3.63) is 61.2 Å². The predicted octanol–water partition coefficient (Wildman–Crippen LogP) is 1.97. The van der Waals surface area contributed by atoms with Crippen LogP contribution in [0.25, 0.3) is 0 Å². The van der Waals surface area contributed by atoms with Crippen molar-refractivity contribution in [3.8, 4) is 0 Å². The maximum atomic E-state index is 11.9. The first-order valence-electron chi connectivity index (χ1n) is 6.05. The van der Waals surface area contributed by atoms with Crippen LogP contribution in [0.2, 0.25) is 0 Å². The molecule has 2 aliphatic rings. The molecular weight excluding hydrogens is 474 g/mol. The van der Waals surface area contributed by atoms with Gasteiger partial charge >= 0.3 is 28.1 Å². The summed E-state index contributed by atoms with van der Waals surface area (Å²) in [5.74, 6) is 0. The van der Waals surface area contributed by atoms with Crippen molar-refractivity contribution in [2.75, 3.05) is 0 Å². The van der Waals surface area contributed by atoms with Gasteiger partial charge < -0.3 is 10.2 Å². The van der Waals surface area contributed by atoms with Crippen LogP contribution in [0, 0.1) is 61.2 Å². The van der Waals surface area contributed by atoms with Gasteiger partial charge in [-0.1, -0.05) is 0 Å². The summed E-state index contributed by atoms with van der Waals surface area (Å²) in [7, 11) is -10.8. The van der Waals surface area contributed by atoms with Crippen LogP contribution in [0.1, 0.15) is 0 Å². The van der Waals surface area contributed by atoms with Gasteiger partial charge in [0, 0.05) is 12.8 Å². The summed E-state index contributed by atoms with van der Waals surface area (Å²) < 4.78 is 114. The van der Waals surface area contributed by atoms with Crippen LogP contribution in [0.5, 0.6) is 0 Å². The molecule has 0 aromatic heterocycles. The third-order valence-electron chi connectivity index (χ3n) is 2.70. The van der Waals surface area contributed by atoms with Crippen LogP contribution >= 0.6 is 0 Å². The van der Waals surface area contributed by atoms with E-state index in [1.54, 1.807) is 0 Å². The molecule has 0 saturated heterocycles. The summed E-state index contributed by atoms with van der Waals surface area (Å²) in [4.78, 5) is 0. The second kappa shape index (κ2) is 9.16. The first-order chi connectivity index (χ1) is 11.5. The van der Waals surface area contributed by atoms with E-state index < -0.39 is 53.4 Å². The van der Waals surface area contributed by atoms with E-state index in [1.807, 2.05) is 0 Å². The fourth-order valence-corrected chi connectivity index (χ4v) is 3.19. The molecule has 0 aromatic rings. The smallest absolute Gasteiger partial charge is 0.385 e. The minimum absolute atomic E-state index is 0. The van der Waals surface area contributed by atoms with E-state index in [9.17, 15) is 43.2 Å². The molecule has 2 N–H and O–H groups in total. The number of hydrogen-bond acceptors (Lipinski definition) is 6. The van der Waals surface area contributed by atoms with E-state index >= 15 is 0 Å². The van der Waals surface area contributed by atoms with Crippen LogP contribution in [0.4, 0.5) is 26.3 Å². The first-order valence-corrected chi connectivity index (χ1v) is 9.02. The molecular formula is C12H8F6FeO6S2+2. The average molecular weight is 482 g/mol.